The maximum atomic E-state index is 6.18. The number of rotatable bonds is 5. The summed E-state index contributed by atoms with van der Waals surface area (Å²) in [4.78, 5) is 0. The van der Waals surface area contributed by atoms with Gasteiger partial charge in [-0.05, 0) is 76.1 Å². The van der Waals surface area contributed by atoms with Gasteiger partial charge in [0.1, 0.15) is 12.4 Å². The van der Waals surface area contributed by atoms with E-state index in [1.165, 1.54) is 39.0 Å². The highest BCUT2D eigenvalue weighted by atomic mass is 35.5. The van der Waals surface area contributed by atoms with Crippen LogP contribution in [0.3, 0.4) is 0 Å². The number of benzene rings is 4. The number of hydrogen-bond acceptors (Lipinski definition) is 1. The molecule has 0 spiro atoms. The molecule has 1 aliphatic carbocycles. The monoisotopic (exact) mass is 422 g/mol. The van der Waals surface area contributed by atoms with Crippen molar-refractivity contribution in [3.63, 3.8) is 0 Å². The lowest BCUT2D eigenvalue weighted by molar-refractivity contribution is 0.306. The van der Waals surface area contributed by atoms with Crippen molar-refractivity contribution >= 4 is 22.7 Å². The maximum absolute atomic E-state index is 6.18. The summed E-state index contributed by atoms with van der Waals surface area (Å²) in [5, 5.41) is 0.756. The van der Waals surface area contributed by atoms with E-state index in [4.69, 9.17) is 16.3 Å². The molecule has 0 atom stereocenters. The second-order valence-electron chi connectivity index (χ2n) is 7.82. The molecular weight excluding hydrogens is 400 g/mol. The average molecular weight is 423 g/mol. The van der Waals surface area contributed by atoms with Gasteiger partial charge in [-0.2, -0.15) is 0 Å². The minimum atomic E-state index is 0.578. The van der Waals surface area contributed by atoms with Crippen molar-refractivity contribution in [2.75, 3.05) is 0 Å². The van der Waals surface area contributed by atoms with Crippen molar-refractivity contribution in [3.8, 4) is 5.75 Å². The Kier molecular flexibility index (Phi) is 5.60. The number of hydrogen-bond donors (Lipinski definition) is 0. The van der Waals surface area contributed by atoms with E-state index in [1.807, 2.05) is 30.3 Å². The molecular formula is C29H23ClO. The van der Waals surface area contributed by atoms with Crippen LogP contribution in [-0.2, 0) is 13.0 Å². The minimum Gasteiger partial charge on any atom is -0.489 e. The summed E-state index contributed by atoms with van der Waals surface area (Å²) in [7, 11) is 0. The smallest absolute Gasteiger partial charge is 0.120 e. The lowest BCUT2D eigenvalue weighted by Crippen LogP contribution is -2.07. The van der Waals surface area contributed by atoms with E-state index in [0.29, 0.717) is 6.61 Å². The lowest BCUT2D eigenvalue weighted by Gasteiger charge is -2.25. The summed E-state index contributed by atoms with van der Waals surface area (Å²) in [6.45, 7) is 0.578. The maximum Gasteiger partial charge on any atom is 0.120 e. The Morgan fingerprint density at radius 2 is 1.39 bits per heavy atom. The van der Waals surface area contributed by atoms with Crippen LogP contribution in [0.4, 0.5) is 0 Å². The number of aryl methyl sites for hydroxylation is 1. The van der Waals surface area contributed by atoms with Crippen LogP contribution in [0.25, 0.3) is 11.1 Å². The van der Waals surface area contributed by atoms with Crippen LogP contribution in [-0.4, -0.2) is 0 Å². The van der Waals surface area contributed by atoms with Crippen LogP contribution >= 0.6 is 11.6 Å². The highest BCUT2D eigenvalue weighted by Gasteiger charge is 2.22. The van der Waals surface area contributed by atoms with Crippen molar-refractivity contribution in [2.24, 2.45) is 0 Å². The summed E-state index contributed by atoms with van der Waals surface area (Å²) in [5.74, 6) is 0.918. The quantitative estimate of drug-likeness (QED) is 0.318. The Hall–Kier alpha value is -3.29. The van der Waals surface area contributed by atoms with Gasteiger partial charge < -0.3 is 4.74 Å². The normalized spacial score (nSPS) is 13.1. The molecule has 0 N–H and O–H groups in total. The highest BCUT2D eigenvalue weighted by molar-refractivity contribution is 6.30. The molecule has 0 unspecified atom stereocenters. The van der Waals surface area contributed by atoms with Gasteiger partial charge in [-0.1, -0.05) is 90.5 Å². The minimum absolute atomic E-state index is 0.578. The van der Waals surface area contributed by atoms with E-state index in [1.54, 1.807) is 0 Å². The van der Waals surface area contributed by atoms with Crippen LogP contribution < -0.4 is 4.74 Å². The van der Waals surface area contributed by atoms with E-state index in [-0.39, 0.29) is 0 Å². The number of allylic oxidation sites excluding steroid dienone is 1. The van der Waals surface area contributed by atoms with Crippen molar-refractivity contribution in [1.29, 1.82) is 0 Å². The molecule has 0 aliphatic heterocycles. The molecule has 0 bridgehead atoms. The molecule has 0 radical (unpaired) electrons. The Labute approximate surface area is 188 Å². The molecule has 4 aromatic carbocycles. The van der Waals surface area contributed by atoms with E-state index in [2.05, 4.69) is 72.8 Å². The zero-order chi connectivity index (χ0) is 21.0. The molecule has 4 aromatic rings. The third-order valence-electron chi connectivity index (χ3n) is 5.80. The molecule has 0 saturated carbocycles. The van der Waals surface area contributed by atoms with Crippen LogP contribution in [0.15, 0.2) is 103 Å². The third-order valence-corrected chi connectivity index (χ3v) is 6.05. The van der Waals surface area contributed by atoms with Crippen molar-refractivity contribution < 1.29 is 4.74 Å². The standard InChI is InChI=1S/C29H23ClO/c30-25-14-11-23(12-15-25)29-27(22-9-5-2-6-10-22)17-13-24-19-26(16-18-28(24)29)31-20-21-7-3-1-4-8-21/h1-12,14-16,18-19H,13,17,20H2. The topological polar surface area (TPSA) is 9.23 Å². The Morgan fingerprint density at radius 1 is 0.677 bits per heavy atom. The molecule has 0 aromatic heterocycles. The fraction of sp³-hybridized carbons (Fsp3) is 0.103. The van der Waals surface area contributed by atoms with Crippen LogP contribution in [0.1, 0.15) is 34.2 Å². The number of fused-ring (bicyclic) bond motifs is 1. The molecule has 0 heterocycles. The molecule has 31 heavy (non-hydrogen) atoms. The summed E-state index contributed by atoms with van der Waals surface area (Å²) in [5.41, 5.74) is 8.93. The van der Waals surface area contributed by atoms with E-state index < -0.39 is 0 Å². The van der Waals surface area contributed by atoms with Gasteiger partial charge in [0.05, 0.1) is 0 Å². The van der Waals surface area contributed by atoms with Crippen LogP contribution in [0.5, 0.6) is 5.75 Å². The Balaban J connectivity index is 1.54. The summed E-state index contributed by atoms with van der Waals surface area (Å²) in [6.07, 6.45) is 2.00. The first-order valence-corrected chi connectivity index (χ1v) is 11.0. The zero-order valence-corrected chi connectivity index (χ0v) is 18.0. The molecule has 0 fully saturated rings. The predicted octanol–water partition coefficient (Wildman–Crippen LogP) is 7.82. The van der Waals surface area contributed by atoms with Gasteiger partial charge >= 0.3 is 0 Å². The second kappa shape index (κ2) is 8.83. The largest absolute Gasteiger partial charge is 0.489 e. The molecule has 0 saturated heterocycles. The third kappa shape index (κ3) is 4.28. The van der Waals surface area contributed by atoms with Crippen molar-refractivity contribution in [2.45, 2.75) is 19.4 Å². The highest BCUT2D eigenvalue weighted by Crippen LogP contribution is 2.42. The van der Waals surface area contributed by atoms with Crippen LogP contribution in [0, 0.1) is 0 Å². The Morgan fingerprint density at radius 3 is 2.13 bits per heavy atom. The molecule has 2 heteroatoms. The second-order valence-corrected chi connectivity index (χ2v) is 8.26. The van der Waals surface area contributed by atoms with Crippen molar-refractivity contribution in [3.05, 3.63) is 136 Å². The number of halogens is 1. The first-order valence-electron chi connectivity index (χ1n) is 10.6. The molecule has 0 amide bonds. The predicted molar refractivity (Wildman–Crippen MR) is 129 cm³/mol. The molecule has 1 aliphatic rings. The van der Waals surface area contributed by atoms with Crippen LogP contribution in [0.2, 0.25) is 5.02 Å². The average Bonchev–Trinajstić information content (AvgIpc) is 2.84. The Bertz CT molecular complexity index is 1210. The van der Waals surface area contributed by atoms with E-state index in [0.717, 1.165) is 23.6 Å². The first-order chi connectivity index (χ1) is 15.3. The van der Waals surface area contributed by atoms with Crippen molar-refractivity contribution in [1.82, 2.24) is 0 Å². The number of ether oxygens (including phenoxy) is 1. The SMILES string of the molecule is Clc1ccc(C2=C(c3ccccc3)CCc3cc(OCc4ccccc4)ccc32)cc1. The summed E-state index contributed by atoms with van der Waals surface area (Å²) < 4.78 is 6.09. The van der Waals surface area contributed by atoms with E-state index >= 15 is 0 Å². The van der Waals surface area contributed by atoms with E-state index in [9.17, 15) is 0 Å². The first kappa shape index (κ1) is 19.7. The summed E-state index contributed by atoms with van der Waals surface area (Å²) >= 11 is 6.18. The van der Waals surface area contributed by atoms with Gasteiger partial charge in [-0.25, -0.2) is 0 Å². The molecule has 152 valence electrons. The lowest BCUT2D eigenvalue weighted by atomic mass is 9.80. The van der Waals surface area contributed by atoms with Gasteiger partial charge in [0, 0.05) is 5.02 Å². The van der Waals surface area contributed by atoms with Gasteiger partial charge in [0.25, 0.3) is 0 Å². The fourth-order valence-electron chi connectivity index (χ4n) is 4.27. The molecule has 1 nitrogen and oxygen atoms in total. The van der Waals surface area contributed by atoms with Gasteiger partial charge in [0.2, 0.25) is 0 Å². The van der Waals surface area contributed by atoms with Gasteiger partial charge in [-0.15, -0.1) is 0 Å². The van der Waals surface area contributed by atoms with Gasteiger partial charge in [-0.3, -0.25) is 0 Å². The van der Waals surface area contributed by atoms with Gasteiger partial charge in [0.15, 0.2) is 0 Å². The molecule has 5 rings (SSSR count). The fourth-order valence-corrected chi connectivity index (χ4v) is 4.40. The zero-order valence-electron chi connectivity index (χ0n) is 17.2. The summed E-state index contributed by atoms with van der Waals surface area (Å²) in [6, 6.07) is 35.7.